The van der Waals surface area contributed by atoms with Gasteiger partial charge in [0.15, 0.2) is 5.11 Å². The van der Waals surface area contributed by atoms with Crippen molar-refractivity contribution in [1.82, 2.24) is 5.32 Å². The van der Waals surface area contributed by atoms with E-state index in [0.29, 0.717) is 5.11 Å². The average molecular weight is 368 g/mol. The van der Waals surface area contributed by atoms with Crippen LogP contribution < -0.4 is 15.5 Å². The summed E-state index contributed by atoms with van der Waals surface area (Å²) in [6.45, 7) is 8.73. The highest BCUT2D eigenvalue weighted by molar-refractivity contribution is 7.80. The molecule has 2 aromatic carbocycles. The number of nitrogens with one attached hydrogen (secondary N) is 2. The Morgan fingerprint density at radius 2 is 1.65 bits per heavy atom. The monoisotopic (exact) mass is 367 g/mol. The predicted molar refractivity (Wildman–Crippen MR) is 116 cm³/mol. The molecule has 1 aliphatic heterocycles. The highest BCUT2D eigenvalue weighted by Crippen LogP contribution is 2.22. The molecule has 26 heavy (non-hydrogen) atoms. The van der Waals surface area contributed by atoms with Crippen LogP contribution in [0, 0.1) is 13.8 Å². The van der Waals surface area contributed by atoms with Crippen molar-refractivity contribution < 1.29 is 0 Å². The fraction of sp³-hybridized carbons (Fsp3) is 0.409. The van der Waals surface area contributed by atoms with Gasteiger partial charge in [-0.1, -0.05) is 18.2 Å². The largest absolute Gasteiger partial charge is 0.372 e. The molecule has 1 atom stereocenters. The van der Waals surface area contributed by atoms with E-state index in [4.69, 9.17) is 12.2 Å². The maximum Gasteiger partial charge on any atom is 0.171 e. The van der Waals surface area contributed by atoms with Gasteiger partial charge in [-0.25, -0.2) is 0 Å². The van der Waals surface area contributed by atoms with E-state index in [1.54, 1.807) is 0 Å². The Hall–Kier alpha value is -2.07. The van der Waals surface area contributed by atoms with Crippen molar-refractivity contribution in [3.8, 4) is 0 Å². The standard InChI is InChI=1S/C22H29N3S/c1-16-7-10-20(15-17(16)2)24-22(26)23-18(3)19-8-11-21(12-9-19)25-13-5-4-6-14-25/h7-12,15,18H,4-6,13-14H2,1-3H3,(H2,23,24,26)/t18-/m1/s1. The zero-order valence-electron chi connectivity index (χ0n) is 16.0. The van der Waals surface area contributed by atoms with Crippen LogP contribution in [0.3, 0.4) is 0 Å². The van der Waals surface area contributed by atoms with Crippen LogP contribution in [0.25, 0.3) is 0 Å². The first-order valence-corrected chi connectivity index (χ1v) is 9.93. The molecule has 1 fully saturated rings. The van der Waals surface area contributed by atoms with E-state index >= 15 is 0 Å². The van der Waals surface area contributed by atoms with Gasteiger partial charge in [-0.3, -0.25) is 0 Å². The third kappa shape index (κ3) is 4.76. The van der Waals surface area contributed by atoms with E-state index in [1.807, 2.05) is 0 Å². The summed E-state index contributed by atoms with van der Waals surface area (Å²) in [5.74, 6) is 0. The Morgan fingerprint density at radius 3 is 2.31 bits per heavy atom. The molecule has 2 N–H and O–H groups in total. The lowest BCUT2D eigenvalue weighted by Gasteiger charge is -2.29. The van der Waals surface area contributed by atoms with Crippen molar-refractivity contribution in [2.45, 2.75) is 46.1 Å². The highest BCUT2D eigenvalue weighted by Gasteiger charge is 2.12. The van der Waals surface area contributed by atoms with Crippen molar-refractivity contribution >= 4 is 28.7 Å². The second-order valence-corrected chi connectivity index (χ2v) is 7.67. The molecule has 1 heterocycles. The Balaban J connectivity index is 1.57. The lowest BCUT2D eigenvalue weighted by Crippen LogP contribution is -2.31. The molecule has 3 nitrogen and oxygen atoms in total. The van der Waals surface area contributed by atoms with Gasteiger partial charge in [-0.05, 0) is 93.2 Å². The first-order valence-electron chi connectivity index (χ1n) is 9.52. The van der Waals surface area contributed by atoms with Crippen molar-refractivity contribution in [1.29, 1.82) is 0 Å². The number of piperidine rings is 1. The van der Waals surface area contributed by atoms with Gasteiger partial charge in [0, 0.05) is 24.5 Å². The number of rotatable bonds is 4. The summed E-state index contributed by atoms with van der Waals surface area (Å²) in [7, 11) is 0. The molecule has 0 bridgehead atoms. The third-order valence-corrected chi connectivity index (χ3v) is 5.45. The van der Waals surface area contributed by atoms with Crippen molar-refractivity contribution in [3.05, 3.63) is 59.2 Å². The zero-order valence-corrected chi connectivity index (χ0v) is 16.8. The minimum atomic E-state index is 0.164. The number of anilines is 2. The second-order valence-electron chi connectivity index (χ2n) is 7.26. The van der Waals surface area contributed by atoms with Crippen molar-refractivity contribution in [2.75, 3.05) is 23.3 Å². The summed E-state index contributed by atoms with van der Waals surface area (Å²) in [6, 6.07) is 15.4. The van der Waals surface area contributed by atoms with Gasteiger partial charge in [0.1, 0.15) is 0 Å². The number of hydrogen-bond acceptors (Lipinski definition) is 2. The van der Waals surface area contributed by atoms with Gasteiger partial charge < -0.3 is 15.5 Å². The molecule has 0 spiro atoms. The molecule has 3 rings (SSSR count). The summed E-state index contributed by atoms with van der Waals surface area (Å²) < 4.78 is 0. The Bertz CT molecular complexity index is 748. The number of hydrogen-bond donors (Lipinski definition) is 2. The maximum atomic E-state index is 5.49. The van der Waals surface area contributed by atoms with Crippen LogP contribution in [0.5, 0.6) is 0 Å². The van der Waals surface area contributed by atoms with Crippen LogP contribution in [0.4, 0.5) is 11.4 Å². The maximum absolute atomic E-state index is 5.49. The van der Waals surface area contributed by atoms with Crippen LogP contribution in [0.1, 0.15) is 48.9 Å². The minimum absolute atomic E-state index is 0.164. The second kappa shape index (κ2) is 8.54. The first-order chi connectivity index (χ1) is 12.5. The summed E-state index contributed by atoms with van der Waals surface area (Å²) in [4.78, 5) is 2.48. The molecule has 0 saturated carbocycles. The van der Waals surface area contributed by atoms with Crippen molar-refractivity contribution in [2.24, 2.45) is 0 Å². The van der Waals surface area contributed by atoms with Crippen LogP contribution in [0.2, 0.25) is 0 Å². The number of aryl methyl sites for hydroxylation is 2. The summed E-state index contributed by atoms with van der Waals surface area (Å²) >= 11 is 5.49. The van der Waals surface area contributed by atoms with E-state index in [-0.39, 0.29) is 6.04 Å². The molecular weight excluding hydrogens is 338 g/mol. The highest BCUT2D eigenvalue weighted by atomic mass is 32.1. The lowest BCUT2D eigenvalue weighted by molar-refractivity contribution is 0.577. The Kier molecular flexibility index (Phi) is 6.15. The van der Waals surface area contributed by atoms with Gasteiger partial charge in [-0.2, -0.15) is 0 Å². The van der Waals surface area contributed by atoms with Gasteiger partial charge in [-0.15, -0.1) is 0 Å². The molecule has 1 aliphatic rings. The normalized spacial score (nSPS) is 15.4. The van der Waals surface area contributed by atoms with Crippen LogP contribution in [-0.4, -0.2) is 18.2 Å². The number of nitrogens with zero attached hydrogens (tertiary/aromatic N) is 1. The van der Waals surface area contributed by atoms with Gasteiger partial charge in [0.05, 0.1) is 6.04 Å². The fourth-order valence-electron chi connectivity index (χ4n) is 3.39. The van der Waals surface area contributed by atoms with Crippen LogP contribution in [0.15, 0.2) is 42.5 Å². The van der Waals surface area contributed by atoms with Gasteiger partial charge >= 0.3 is 0 Å². The fourth-order valence-corrected chi connectivity index (χ4v) is 3.69. The minimum Gasteiger partial charge on any atom is -0.372 e. The summed E-state index contributed by atoms with van der Waals surface area (Å²) in [5.41, 5.74) is 6.15. The topological polar surface area (TPSA) is 27.3 Å². The molecule has 138 valence electrons. The molecule has 0 aliphatic carbocycles. The Morgan fingerprint density at radius 1 is 0.962 bits per heavy atom. The molecular formula is C22H29N3S. The summed E-state index contributed by atoms with van der Waals surface area (Å²) in [5, 5.41) is 7.32. The third-order valence-electron chi connectivity index (χ3n) is 5.23. The van der Waals surface area contributed by atoms with Crippen LogP contribution >= 0.6 is 12.2 Å². The first kappa shape index (κ1) is 18.7. The molecule has 0 unspecified atom stereocenters. The van der Waals surface area contributed by atoms with E-state index in [1.165, 1.54) is 54.7 Å². The quantitative estimate of drug-likeness (QED) is 0.713. The van der Waals surface area contributed by atoms with Gasteiger partial charge in [0.25, 0.3) is 0 Å². The molecule has 0 radical (unpaired) electrons. The molecule has 1 saturated heterocycles. The zero-order chi connectivity index (χ0) is 18.5. The van der Waals surface area contributed by atoms with Crippen molar-refractivity contribution in [3.63, 3.8) is 0 Å². The van der Waals surface area contributed by atoms with E-state index in [0.717, 1.165) is 5.69 Å². The number of benzene rings is 2. The number of thiocarbonyl (C=S) groups is 1. The average Bonchev–Trinajstić information content (AvgIpc) is 2.65. The summed E-state index contributed by atoms with van der Waals surface area (Å²) in [6.07, 6.45) is 3.97. The Labute approximate surface area is 162 Å². The molecule has 4 heteroatoms. The lowest BCUT2D eigenvalue weighted by atomic mass is 10.1. The van der Waals surface area contributed by atoms with E-state index in [9.17, 15) is 0 Å². The predicted octanol–water partition coefficient (Wildman–Crippen LogP) is 5.34. The van der Waals surface area contributed by atoms with E-state index < -0.39 is 0 Å². The molecule has 0 amide bonds. The van der Waals surface area contributed by atoms with Gasteiger partial charge in [0.2, 0.25) is 0 Å². The molecule has 0 aromatic heterocycles. The van der Waals surface area contributed by atoms with Crippen LogP contribution in [-0.2, 0) is 0 Å². The smallest absolute Gasteiger partial charge is 0.171 e. The van der Waals surface area contributed by atoms with E-state index in [2.05, 4.69) is 78.8 Å². The molecule has 2 aromatic rings. The SMILES string of the molecule is Cc1ccc(NC(=S)N[C@H](C)c2ccc(N3CCCCC3)cc2)cc1C.